The van der Waals surface area contributed by atoms with Crippen molar-refractivity contribution in [3.05, 3.63) is 0 Å². The third-order valence-corrected chi connectivity index (χ3v) is 4.22. The van der Waals surface area contributed by atoms with E-state index in [-0.39, 0.29) is 12.4 Å². The van der Waals surface area contributed by atoms with Gasteiger partial charge in [-0.25, -0.2) is 0 Å². The summed E-state index contributed by atoms with van der Waals surface area (Å²) in [5, 5.41) is 3.06. The SMILES string of the molecule is CNCCC(=O)N1C(C)CC2CCCCC21.Cl. The molecule has 1 N–H and O–H groups in total. The number of halogens is 1. The first-order valence-corrected chi connectivity index (χ1v) is 6.69. The fraction of sp³-hybridized carbons (Fsp3) is 0.923. The minimum atomic E-state index is 0. The average molecular weight is 261 g/mol. The Labute approximate surface area is 111 Å². The number of rotatable bonds is 3. The number of hydrogen-bond donors (Lipinski definition) is 1. The van der Waals surface area contributed by atoms with Crippen molar-refractivity contribution in [2.75, 3.05) is 13.6 Å². The van der Waals surface area contributed by atoms with Gasteiger partial charge in [0.05, 0.1) is 0 Å². The van der Waals surface area contributed by atoms with Gasteiger partial charge in [-0.3, -0.25) is 4.79 Å². The lowest BCUT2D eigenvalue weighted by atomic mass is 9.85. The summed E-state index contributed by atoms with van der Waals surface area (Å²) in [7, 11) is 1.91. The van der Waals surface area contributed by atoms with E-state index in [0.29, 0.717) is 24.4 Å². The van der Waals surface area contributed by atoms with Gasteiger partial charge in [-0.1, -0.05) is 12.8 Å². The van der Waals surface area contributed by atoms with E-state index in [1.807, 2.05) is 7.05 Å². The van der Waals surface area contributed by atoms with Crippen LogP contribution in [-0.4, -0.2) is 36.5 Å². The predicted molar refractivity (Wildman–Crippen MR) is 72.5 cm³/mol. The zero-order valence-electron chi connectivity index (χ0n) is 10.9. The van der Waals surface area contributed by atoms with E-state index in [4.69, 9.17) is 0 Å². The Kier molecular flexibility index (Phi) is 5.74. The van der Waals surface area contributed by atoms with Crippen molar-refractivity contribution in [3.8, 4) is 0 Å². The van der Waals surface area contributed by atoms with Crippen molar-refractivity contribution in [2.45, 2.75) is 57.5 Å². The molecule has 1 amide bonds. The smallest absolute Gasteiger partial charge is 0.224 e. The lowest BCUT2D eigenvalue weighted by molar-refractivity contribution is -0.134. The molecule has 3 atom stereocenters. The van der Waals surface area contributed by atoms with Gasteiger partial charge >= 0.3 is 0 Å². The minimum Gasteiger partial charge on any atom is -0.337 e. The molecule has 2 fully saturated rings. The van der Waals surface area contributed by atoms with Gasteiger partial charge in [-0.15, -0.1) is 12.4 Å². The van der Waals surface area contributed by atoms with E-state index in [1.54, 1.807) is 0 Å². The molecule has 1 aliphatic carbocycles. The summed E-state index contributed by atoms with van der Waals surface area (Å²) in [6, 6.07) is 1.03. The molecule has 0 aromatic heterocycles. The van der Waals surface area contributed by atoms with Crippen LogP contribution >= 0.6 is 12.4 Å². The van der Waals surface area contributed by atoms with Crippen LogP contribution in [0.3, 0.4) is 0 Å². The van der Waals surface area contributed by atoms with Crippen LogP contribution in [0.2, 0.25) is 0 Å². The highest BCUT2D eigenvalue weighted by Crippen LogP contribution is 2.39. The number of carbonyl (C=O) groups excluding carboxylic acids is 1. The Morgan fingerprint density at radius 2 is 2.06 bits per heavy atom. The van der Waals surface area contributed by atoms with Crippen molar-refractivity contribution in [1.29, 1.82) is 0 Å². The minimum absolute atomic E-state index is 0. The largest absolute Gasteiger partial charge is 0.337 e. The lowest BCUT2D eigenvalue weighted by Gasteiger charge is -2.33. The van der Waals surface area contributed by atoms with E-state index in [9.17, 15) is 4.79 Å². The summed E-state index contributed by atoms with van der Waals surface area (Å²) >= 11 is 0. The van der Waals surface area contributed by atoms with Gasteiger partial charge in [0.15, 0.2) is 0 Å². The summed E-state index contributed by atoms with van der Waals surface area (Å²) in [6.45, 7) is 3.02. The van der Waals surface area contributed by atoms with Gasteiger partial charge in [0, 0.05) is 25.0 Å². The first kappa shape index (κ1) is 14.8. The molecular weight excluding hydrogens is 236 g/mol. The number of likely N-dealkylation sites (tertiary alicyclic amines) is 1. The van der Waals surface area contributed by atoms with Gasteiger partial charge in [0.2, 0.25) is 5.91 Å². The summed E-state index contributed by atoms with van der Waals surface area (Å²) in [5.74, 6) is 1.15. The van der Waals surface area contributed by atoms with E-state index >= 15 is 0 Å². The number of amides is 1. The van der Waals surface area contributed by atoms with Crippen molar-refractivity contribution >= 4 is 18.3 Å². The summed E-state index contributed by atoms with van der Waals surface area (Å²) in [5.41, 5.74) is 0. The number of nitrogens with one attached hydrogen (secondary N) is 1. The molecule has 2 aliphatic rings. The van der Waals surface area contributed by atoms with Crippen LogP contribution in [0.1, 0.15) is 45.4 Å². The third kappa shape index (κ3) is 3.14. The summed E-state index contributed by atoms with van der Waals surface area (Å²) in [6.07, 6.45) is 7.14. The molecule has 2 rings (SSSR count). The highest BCUT2D eigenvalue weighted by atomic mass is 35.5. The molecule has 3 unspecified atom stereocenters. The second kappa shape index (κ2) is 6.60. The van der Waals surface area contributed by atoms with Gasteiger partial charge in [-0.2, -0.15) is 0 Å². The van der Waals surface area contributed by atoms with Crippen LogP contribution in [0.15, 0.2) is 0 Å². The average Bonchev–Trinajstić information content (AvgIpc) is 2.62. The number of carbonyl (C=O) groups is 1. The quantitative estimate of drug-likeness (QED) is 0.844. The van der Waals surface area contributed by atoms with Crippen LogP contribution in [0.4, 0.5) is 0 Å². The van der Waals surface area contributed by atoms with Gasteiger partial charge in [-0.05, 0) is 39.2 Å². The zero-order chi connectivity index (χ0) is 11.5. The maximum atomic E-state index is 12.2. The Bertz CT molecular complexity index is 260. The molecule has 1 saturated carbocycles. The first-order valence-electron chi connectivity index (χ1n) is 6.69. The Balaban J connectivity index is 0.00000144. The molecule has 0 aromatic rings. The van der Waals surface area contributed by atoms with Crippen LogP contribution in [0.5, 0.6) is 0 Å². The van der Waals surface area contributed by atoms with Crippen molar-refractivity contribution in [2.24, 2.45) is 5.92 Å². The van der Waals surface area contributed by atoms with Crippen molar-refractivity contribution in [3.63, 3.8) is 0 Å². The van der Waals surface area contributed by atoms with E-state index in [1.165, 1.54) is 32.1 Å². The number of nitrogens with zero attached hydrogens (tertiary/aromatic N) is 1. The Hall–Kier alpha value is -0.280. The van der Waals surface area contributed by atoms with Crippen LogP contribution in [0.25, 0.3) is 0 Å². The van der Waals surface area contributed by atoms with Crippen LogP contribution in [-0.2, 0) is 4.79 Å². The van der Waals surface area contributed by atoms with E-state index in [0.717, 1.165) is 12.5 Å². The number of hydrogen-bond acceptors (Lipinski definition) is 2. The van der Waals surface area contributed by atoms with Gasteiger partial charge in [0.1, 0.15) is 0 Å². The molecule has 17 heavy (non-hydrogen) atoms. The second-order valence-electron chi connectivity index (χ2n) is 5.35. The Morgan fingerprint density at radius 3 is 2.76 bits per heavy atom. The summed E-state index contributed by atoms with van der Waals surface area (Å²) < 4.78 is 0. The standard InChI is InChI=1S/C13H24N2O.ClH/c1-10-9-11-5-3-4-6-12(11)15(10)13(16)7-8-14-2;/h10-12,14H,3-9H2,1-2H3;1H. The fourth-order valence-corrected chi connectivity index (χ4v) is 3.50. The summed E-state index contributed by atoms with van der Waals surface area (Å²) in [4.78, 5) is 14.4. The van der Waals surface area contributed by atoms with Crippen LogP contribution in [0, 0.1) is 5.92 Å². The number of fused-ring (bicyclic) bond motifs is 1. The molecule has 100 valence electrons. The monoisotopic (exact) mass is 260 g/mol. The molecule has 1 saturated heterocycles. The highest BCUT2D eigenvalue weighted by molar-refractivity contribution is 5.85. The molecule has 0 spiro atoms. The van der Waals surface area contributed by atoms with E-state index in [2.05, 4.69) is 17.1 Å². The molecule has 1 aliphatic heterocycles. The van der Waals surface area contributed by atoms with E-state index < -0.39 is 0 Å². The molecule has 4 heteroatoms. The normalized spacial score (nSPS) is 31.9. The molecule has 0 aromatic carbocycles. The topological polar surface area (TPSA) is 32.3 Å². The molecule has 0 bridgehead atoms. The van der Waals surface area contributed by atoms with Crippen molar-refractivity contribution in [1.82, 2.24) is 10.2 Å². The van der Waals surface area contributed by atoms with Gasteiger partial charge in [0.25, 0.3) is 0 Å². The maximum Gasteiger partial charge on any atom is 0.224 e. The predicted octanol–water partition coefficient (Wildman–Crippen LogP) is 2.20. The molecule has 3 nitrogen and oxygen atoms in total. The van der Waals surface area contributed by atoms with Crippen molar-refractivity contribution < 1.29 is 4.79 Å². The van der Waals surface area contributed by atoms with Gasteiger partial charge < -0.3 is 10.2 Å². The Morgan fingerprint density at radius 1 is 1.35 bits per heavy atom. The molecular formula is C13H25ClN2O. The highest BCUT2D eigenvalue weighted by Gasteiger charge is 2.41. The van der Waals surface area contributed by atoms with Crippen LogP contribution < -0.4 is 5.32 Å². The fourth-order valence-electron chi connectivity index (χ4n) is 3.50. The second-order valence-corrected chi connectivity index (χ2v) is 5.35. The lowest BCUT2D eigenvalue weighted by Crippen LogP contribution is -2.43. The molecule has 1 heterocycles. The zero-order valence-corrected chi connectivity index (χ0v) is 11.8. The maximum absolute atomic E-state index is 12.2. The first-order chi connectivity index (χ1) is 7.74. The third-order valence-electron chi connectivity index (χ3n) is 4.22. The molecule has 0 radical (unpaired) electrons.